The molecule has 0 aliphatic rings. The van der Waals surface area contributed by atoms with Crippen LogP contribution >= 0.6 is 0 Å². The second-order valence-electron chi connectivity index (χ2n) is 9.80. The Morgan fingerprint density at radius 1 is 1.11 bits per heavy atom. The van der Waals surface area contributed by atoms with Crippen molar-refractivity contribution in [1.29, 1.82) is 0 Å². The highest BCUT2D eigenvalue weighted by molar-refractivity contribution is 6.76. The highest BCUT2D eigenvalue weighted by Crippen LogP contribution is 2.38. The van der Waals surface area contributed by atoms with Crippen molar-refractivity contribution in [2.45, 2.75) is 45.9 Å². The van der Waals surface area contributed by atoms with Gasteiger partial charge in [-0.2, -0.15) is 0 Å². The molecule has 4 aromatic rings. The molecule has 1 aromatic carbocycles. The standard InChI is InChI=1S/C27H34N4O4Si/c1-6-35-27(32)20-16-21-23(25(30-20)29-17-19-10-8-7-9-11-19)24-22(33-2)12-13-28-26(24)31(21)18-34-14-15-36(3,4)5/h7-13,16H,6,14-15,17-18H2,1-5H3,(H,29,30). The van der Waals surface area contributed by atoms with Crippen LogP contribution in [0.25, 0.3) is 21.9 Å². The molecule has 36 heavy (non-hydrogen) atoms. The van der Waals surface area contributed by atoms with E-state index in [-0.39, 0.29) is 12.3 Å². The van der Waals surface area contributed by atoms with Crippen molar-refractivity contribution >= 4 is 41.8 Å². The smallest absolute Gasteiger partial charge is 0.357 e. The molecule has 0 unspecified atom stereocenters. The summed E-state index contributed by atoms with van der Waals surface area (Å²) in [4.78, 5) is 22.1. The zero-order valence-electron chi connectivity index (χ0n) is 21.6. The second-order valence-corrected chi connectivity index (χ2v) is 15.4. The highest BCUT2D eigenvalue weighted by atomic mass is 28.3. The first-order valence-corrected chi connectivity index (χ1v) is 15.9. The quantitative estimate of drug-likeness (QED) is 0.159. The van der Waals surface area contributed by atoms with E-state index < -0.39 is 14.0 Å². The summed E-state index contributed by atoms with van der Waals surface area (Å²) >= 11 is 0. The van der Waals surface area contributed by atoms with Gasteiger partial charge in [-0.3, -0.25) is 0 Å². The molecule has 0 saturated carbocycles. The van der Waals surface area contributed by atoms with Gasteiger partial charge in [-0.1, -0.05) is 50.0 Å². The van der Waals surface area contributed by atoms with Crippen LogP contribution in [0.15, 0.2) is 48.7 Å². The number of nitrogens with one attached hydrogen (secondary N) is 1. The lowest BCUT2D eigenvalue weighted by molar-refractivity contribution is 0.0519. The lowest BCUT2D eigenvalue weighted by Gasteiger charge is -2.16. The fourth-order valence-corrected chi connectivity index (χ4v) is 4.79. The van der Waals surface area contributed by atoms with Gasteiger partial charge in [0.1, 0.15) is 23.9 Å². The minimum atomic E-state index is -1.24. The Morgan fingerprint density at radius 2 is 1.89 bits per heavy atom. The predicted octanol–water partition coefficient (Wildman–Crippen LogP) is 5.69. The van der Waals surface area contributed by atoms with Crippen LogP contribution in [0.5, 0.6) is 5.75 Å². The van der Waals surface area contributed by atoms with Crippen LogP contribution in [-0.2, 0) is 22.7 Å². The van der Waals surface area contributed by atoms with Crippen molar-refractivity contribution in [1.82, 2.24) is 14.5 Å². The van der Waals surface area contributed by atoms with Gasteiger partial charge in [0.2, 0.25) is 0 Å². The monoisotopic (exact) mass is 506 g/mol. The molecule has 3 aromatic heterocycles. The van der Waals surface area contributed by atoms with E-state index in [1.807, 2.05) is 41.0 Å². The van der Waals surface area contributed by atoms with Gasteiger partial charge >= 0.3 is 5.97 Å². The Labute approximate surface area is 212 Å². The van der Waals surface area contributed by atoms with E-state index >= 15 is 0 Å². The Kier molecular flexibility index (Phi) is 7.90. The number of hydrogen-bond donors (Lipinski definition) is 1. The van der Waals surface area contributed by atoms with Crippen LogP contribution in [0.1, 0.15) is 23.0 Å². The minimum Gasteiger partial charge on any atom is -0.496 e. The minimum absolute atomic E-state index is 0.227. The number of fused-ring (bicyclic) bond motifs is 3. The van der Waals surface area contributed by atoms with E-state index in [0.717, 1.165) is 27.9 Å². The molecule has 0 amide bonds. The fourth-order valence-electron chi connectivity index (χ4n) is 4.03. The SMILES string of the molecule is CCOC(=O)c1cc2c(c(NCc3ccccc3)n1)c1c(OC)ccnc1n2COCC[Si](C)(C)C. The number of pyridine rings is 2. The second kappa shape index (κ2) is 11.1. The maximum atomic E-state index is 12.7. The molecule has 0 bridgehead atoms. The van der Waals surface area contributed by atoms with E-state index in [1.54, 1.807) is 26.3 Å². The van der Waals surface area contributed by atoms with Crippen molar-refractivity contribution in [2.75, 3.05) is 25.6 Å². The predicted molar refractivity (Wildman–Crippen MR) is 145 cm³/mol. The van der Waals surface area contributed by atoms with Gasteiger partial charge in [-0.15, -0.1) is 0 Å². The Hall–Kier alpha value is -3.43. The first-order valence-electron chi connectivity index (χ1n) is 12.2. The van der Waals surface area contributed by atoms with Gasteiger partial charge in [0.15, 0.2) is 5.69 Å². The number of carbonyl (C=O) groups is 1. The normalized spacial score (nSPS) is 11.7. The third-order valence-corrected chi connectivity index (χ3v) is 7.62. The van der Waals surface area contributed by atoms with E-state index in [2.05, 4.69) is 34.9 Å². The van der Waals surface area contributed by atoms with Crippen molar-refractivity contribution in [3.8, 4) is 5.75 Å². The number of aromatic nitrogens is 3. The van der Waals surface area contributed by atoms with E-state index in [9.17, 15) is 4.79 Å². The molecule has 8 nitrogen and oxygen atoms in total. The molecule has 3 heterocycles. The molecule has 0 saturated heterocycles. The molecular weight excluding hydrogens is 472 g/mol. The first kappa shape index (κ1) is 25.7. The van der Waals surface area contributed by atoms with Gasteiger partial charge in [-0.05, 0) is 30.7 Å². The number of benzene rings is 1. The average Bonchev–Trinajstić information content (AvgIpc) is 3.19. The molecule has 0 aliphatic carbocycles. The van der Waals surface area contributed by atoms with Crippen LogP contribution in [0, 0.1) is 0 Å². The summed E-state index contributed by atoms with van der Waals surface area (Å²) in [5, 5.41) is 5.08. The van der Waals surface area contributed by atoms with Crippen molar-refractivity contribution in [3.63, 3.8) is 0 Å². The molecule has 190 valence electrons. The maximum Gasteiger partial charge on any atom is 0.357 e. The Balaban J connectivity index is 1.86. The number of anilines is 1. The molecule has 0 atom stereocenters. The average molecular weight is 507 g/mol. The first-order chi connectivity index (χ1) is 17.3. The molecular formula is C27H34N4O4Si. The van der Waals surface area contributed by atoms with Crippen molar-refractivity contribution in [2.24, 2.45) is 0 Å². The summed E-state index contributed by atoms with van der Waals surface area (Å²) in [6.45, 7) is 10.5. The van der Waals surface area contributed by atoms with Gasteiger partial charge in [0.05, 0.1) is 30.0 Å². The number of hydrogen-bond acceptors (Lipinski definition) is 7. The number of ether oxygens (including phenoxy) is 3. The van der Waals surface area contributed by atoms with E-state index in [1.165, 1.54) is 0 Å². The Bertz CT molecular complexity index is 1350. The topological polar surface area (TPSA) is 87.5 Å². The van der Waals surface area contributed by atoms with Crippen LogP contribution in [0.3, 0.4) is 0 Å². The third-order valence-electron chi connectivity index (χ3n) is 5.91. The van der Waals surface area contributed by atoms with Gasteiger partial charge in [0, 0.05) is 27.4 Å². The van der Waals surface area contributed by atoms with Crippen LogP contribution < -0.4 is 10.1 Å². The number of rotatable bonds is 11. The molecule has 4 rings (SSSR count). The van der Waals surface area contributed by atoms with Crippen molar-refractivity contribution in [3.05, 3.63) is 59.9 Å². The van der Waals surface area contributed by atoms with E-state index in [4.69, 9.17) is 14.2 Å². The van der Waals surface area contributed by atoms with Crippen LogP contribution in [0.2, 0.25) is 25.7 Å². The molecule has 0 fully saturated rings. The molecule has 1 N–H and O–H groups in total. The van der Waals surface area contributed by atoms with Gasteiger partial charge in [-0.25, -0.2) is 14.8 Å². The molecule has 9 heteroatoms. The zero-order chi connectivity index (χ0) is 25.7. The number of nitrogens with zero attached hydrogens (tertiary/aromatic N) is 3. The largest absolute Gasteiger partial charge is 0.496 e. The van der Waals surface area contributed by atoms with Gasteiger partial charge < -0.3 is 24.1 Å². The van der Waals surface area contributed by atoms with Gasteiger partial charge in [0.25, 0.3) is 0 Å². The summed E-state index contributed by atoms with van der Waals surface area (Å²) < 4.78 is 19.1. The molecule has 0 spiro atoms. The summed E-state index contributed by atoms with van der Waals surface area (Å²) in [6.07, 6.45) is 1.72. The summed E-state index contributed by atoms with van der Waals surface area (Å²) in [5.74, 6) is 0.773. The highest BCUT2D eigenvalue weighted by Gasteiger charge is 2.23. The lowest BCUT2D eigenvalue weighted by Crippen LogP contribution is -2.22. The maximum absolute atomic E-state index is 12.7. The number of esters is 1. The van der Waals surface area contributed by atoms with E-state index in [0.29, 0.717) is 37.1 Å². The fraction of sp³-hybridized carbons (Fsp3) is 0.370. The summed E-state index contributed by atoms with van der Waals surface area (Å²) in [6, 6.07) is 14.7. The Morgan fingerprint density at radius 3 is 2.58 bits per heavy atom. The molecule has 0 aliphatic heterocycles. The number of methoxy groups -OCH3 is 1. The van der Waals surface area contributed by atoms with Crippen LogP contribution in [-0.4, -0.2) is 48.9 Å². The summed E-state index contributed by atoms with van der Waals surface area (Å²) in [7, 11) is 0.401. The zero-order valence-corrected chi connectivity index (χ0v) is 22.6. The lowest BCUT2D eigenvalue weighted by atomic mass is 10.1. The molecule has 0 radical (unpaired) electrons. The number of carbonyl (C=O) groups excluding carboxylic acids is 1. The summed E-state index contributed by atoms with van der Waals surface area (Å²) in [5.41, 5.74) is 2.81. The van der Waals surface area contributed by atoms with Crippen molar-refractivity contribution < 1.29 is 19.0 Å². The van der Waals surface area contributed by atoms with Crippen LogP contribution in [0.4, 0.5) is 5.82 Å². The third kappa shape index (κ3) is 5.68.